The maximum absolute atomic E-state index is 12.3. The van der Waals surface area contributed by atoms with Gasteiger partial charge in [-0.05, 0) is 66.0 Å². The van der Waals surface area contributed by atoms with Crippen molar-refractivity contribution in [2.75, 3.05) is 20.2 Å². The third-order valence-corrected chi connectivity index (χ3v) is 5.73. The highest BCUT2D eigenvalue weighted by molar-refractivity contribution is 5.33. The smallest absolute Gasteiger partial charge is 0.497 e. The van der Waals surface area contributed by atoms with Gasteiger partial charge < -0.3 is 9.47 Å². The van der Waals surface area contributed by atoms with Crippen molar-refractivity contribution in [2.24, 2.45) is 17.8 Å². The fraction of sp³-hybridized carbons (Fsp3) is 0.409. The molecule has 1 saturated heterocycles. The number of benzene rings is 2. The molecule has 1 radical (unpaired) electrons. The van der Waals surface area contributed by atoms with Crippen LogP contribution in [0, 0.1) is 24.2 Å². The molecule has 2 fully saturated rings. The van der Waals surface area contributed by atoms with Gasteiger partial charge >= 0.3 is 6.36 Å². The second-order valence-corrected chi connectivity index (χ2v) is 7.59. The first-order chi connectivity index (χ1) is 13.4. The third kappa shape index (κ3) is 4.61. The lowest BCUT2D eigenvalue weighted by molar-refractivity contribution is -0.274. The topological polar surface area (TPSA) is 21.7 Å². The molecule has 6 heteroatoms. The fourth-order valence-corrected chi connectivity index (χ4v) is 4.32. The Morgan fingerprint density at radius 3 is 2.39 bits per heavy atom. The summed E-state index contributed by atoms with van der Waals surface area (Å²) in [6, 6.07) is 14.4. The average Bonchev–Trinajstić information content (AvgIpc) is 3.11. The largest absolute Gasteiger partial charge is 0.573 e. The van der Waals surface area contributed by atoms with Gasteiger partial charge in [-0.15, -0.1) is 13.2 Å². The molecule has 0 amide bonds. The van der Waals surface area contributed by atoms with E-state index >= 15 is 0 Å². The summed E-state index contributed by atoms with van der Waals surface area (Å²) in [5.74, 6) is 2.74. The molecule has 0 N–H and O–H groups in total. The molecule has 28 heavy (non-hydrogen) atoms. The summed E-state index contributed by atoms with van der Waals surface area (Å²) in [4.78, 5) is 2.48. The Morgan fingerprint density at radius 1 is 1.04 bits per heavy atom. The van der Waals surface area contributed by atoms with Crippen molar-refractivity contribution in [1.82, 2.24) is 4.90 Å². The highest BCUT2D eigenvalue weighted by Gasteiger charge is 2.54. The van der Waals surface area contributed by atoms with E-state index in [1.807, 2.05) is 24.6 Å². The summed E-state index contributed by atoms with van der Waals surface area (Å²) in [5, 5.41) is 0. The summed E-state index contributed by atoms with van der Waals surface area (Å²) in [6.07, 6.45) is -1.72. The maximum Gasteiger partial charge on any atom is 0.573 e. The lowest BCUT2D eigenvalue weighted by Gasteiger charge is -2.19. The standard InChI is InChI=1S/C22H23F3NO2/c1-27-17-8-5-16(6-9-17)12-26-13-20-19(21(20)14-26)10-7-15-3-2-4-18(11-15)28-22(23,24)25/h2-9,11,19-21H,10,12-14H2,1H3. The number of hydrogen-bond acceptors (Lipinski definition) is 3. The number of methoxy groups -OCH3 is 1. The van der Waals surface area contributed by atoms with Gasteiger partial charge in [-0.1, -0.05) is 24.3 Å². The zero-order valence-corrected chi connectivity index (χ0v) is 15.7. The molecule has 0 bridgehead atoms. The molecule has 1 aliphatic heterocycles. The number of rotatable bonds is 7. The van der Waals surface area contributed by atoms with Crippen LogP contribution >= 0.6 is 0 Å². The van der Waals surface area contributed by atoms with Crippen LogP contribution in [-0.2, 0) is 6.54 Å². The van der Waals surface area contributed by atoms with Crippen LogP contribution in [0.25, 0.3) is 0 Å². The van der Waals surface area contributed by atoms with Crippen LogP contribution in [0.5, 0.6) is 11.5 Å². The maximum atomic E-state index is 12.3. The molecule has 2 unspecified atom stereocenters. The molecule has 149 valence electrons. The van der Waals surface area contributed by atoms with Gasteiger partial charge in [0.2, 0.25) is 0 Å². The second-order valence-electron chi connectivity index (χ2n) is 7.59. The Hall–Kier alpha value is -2.21. The Morgan fingerprint density at radius 2 is 1.75 bits per heavy atom. The van der Waals surface area contributed by atoms with E-state index in [2.05, 4.69) is 21.8 Å². The Kier molecular flexibility index (Phi) is 5.23. The van der Waals surface area contributed by atoms with Gasteiger partial charge in [0, 0.05) is 19.6 Å². The molecule has 4 rings (SSSR count). The summed E-state index contributed by atoms with van der Waals surface area (Å²) in [5.41, 5.74) is 2.06. The van der Waals surface area contributed by atoms with Crippen LogP contribution in [0.1, 0.15) is 17.5 Å². The second kappa shape index (κ2) is 7.66. The number of ether oxygens (including phenoxy) is 2. The molecule has 2 atom stereocenters. The van der Waals surface area contributed by atoms with Crippen molar-refractivity contribution in [3.05, 3.63) is 66.1 Å². The molecule has 1 saturated carbocycles. The zero-order valence-electron chi connectivity index (χ0n) is 15.7. The van der Waals surface area contributed by atoms with Crippen LogP contribution in [0.4, 0.5) is 13.2 Å². The summed E-state index contributed by atoms with van der Waals surface area (Å²) < 4.78 is 46.2. The number of piperidine rings is 1. The lowest BCUT2D eigenvalue weighted by Crippen LogP contribution is -2.24. The van der Waals surface area contributed by atoms with Gasteiger partial charge in [0.1, 0.15) is 11.5 Å². The third-order valence-electron chi connectivity index (χ3n) is 5.73. The van der Waals surface area contributed by atoms with Gasteiger partial charge in [0.15, 0.2) is 0 Å². The molecule has 0 spiro atoms. The number of likely N-dealkylation sites (tertiary alicyclic amines) is 1. The lowest BCUT2D eigenvalue weighted by atomic mass is 10.0. The molecule has 1 heterocycles. The summed E-state index contributed by atoms with van der Waals surface area (Å²) >= 11 is 0. The molecule has 2 aromatic carbocycles. The monoisotopic (exact) mass is 390 g/mol. The van der Waals surface area contributed by atoms with Crippen molar-refractivity contribution in [3.63, 3.8) is 0 Å². The summed E-state index contributed by atoms with van der Waals surface area (Å²) in [6.45, 7) is 3.13. The predicted molar refractivity (Wildman–Crippen MR) is 99.9 cm³/mol. The first kappa shape index (κ1) is 19.1. The van der Waals surface area contributed by atoms with E-state index in [0.29, 0.717) is 17.8 Å². The van der Waals surface area contributed by atoms with Crippen LogP contribution in [0.3, 0.4) is 0 Å². The van der Waals surface area contributed by atoms with E-state index in [0.717, 1.165) is 37.4 Å². The SMILES string of the molecule is COc1ccc(CN2CC3C(C[CH]c4cccc(OC(F)(F)F)c4)C3C2)cc1. The minimum Gasteiger partial charge on any atom is -0.497 e. The predicted octanol–water partition coefficient (Wildman–Crippen LogP) is 4.91. The van der Waals surface area contributed by atoms with Gasteiger partial charge in [-0.2, -0.15) is 0 Å². The van der Waals surface area contributed by atoms with Crippen LogP contribution < -0.4 is 9.47 Å². The van der Waals surface area contributed by atoms with Gasteiger partial charge in [-0.3, -0.25) is 4.90 Å². The van der Waals surface area contributed by atoms with Gasteiger partial charge in [0.25, 0.3) is 0 Å². The normalized spacial score (nSPS) is 24.1. The number of alkyl halides is 3. The van der Waals surface area contributed by atoms with Gasteiger partial charge in [-0.25, -0.2) is 0 Å². The fourth-order valence-electron chi connectivity index (χ4n) is 4.32. The van der Waals surface area contributed by atoms with Crippen molar-refractivity contribution in [2.45, 2.75) is 19.3 Å². The van der Waals surface area contributed by atoms with Crippen LogP contribution in [0.15, 0.2) is 48.5 Å². The number of fused-ring (bicyclic) bond motifs is 1. The van der Waals surface area contributed by atoms with Crippen molar-refractivity contribution >= 4 is 0 Å². The van der Waals surface area contributed by atoms with E-state index in [1.54, 1.807) is 13.2 Å². The molecule has 2 aliphatic rings. The van der Waals surface area contributed by atoms with Crippen molar-refractivity contribution < 1.29 is 22.6 Å². The highest BCUT2D eigenvalue weighted by atomic mass is 19.4. The first-order valence-corrected chi connectivity index (χ1v) is 9.45. The number of halogens is 3. The minimum atomic E-state index is -4.65. The minimum absolute atomic E-state index is 0.164. The van der Waals surface area contributed by atoms with E-state index in [4.69, 9.17) is 4.74 Å². The Balaban J connectivity index is 1.23. The molecule has 3 nitrogen and oxygen atoms in total. The van der Waals surface area contributed by atoms with Crippen LogP contribution in [0.2, 0.25) is 0 Å². The van der Waals surface area contributed by atoms with Crippen molar-refractivity contribution in [3.8, 4) is 11.5 Å². The average molecular weight is 390 g/mol. The molecular formula is C22H23F3NO2. The Bertz CT molecular complexity index is 794. The van der Waals surface area contributed by atoms with E-state index in [1.165, 1.54) is 17.7 Å². The number of hydrogen-bond donors (Lipinski definition) is 0. The van der Waals surface area contributed by atoms with E-state index < -0.39 is 6.36 Å². The van der Waals surface area contributed by atoms with E-state index in [9.17, 15) is 13.2 Å². The quantitative estimate of drug-likeness (QED) is 0.670. The number of nitrogens with zero attached hydrogens (tertiary/aromatic N) is 1. The van der Waals surface area contributed by atoms with Gasteiger partial charge in [0.05, 0.1) is 7.11 Å². The highest BCUT2D eigenvalue weighted by Crippen LogP contribution is 2.54. The molecule has 0 aromatic heterocycles. The summed E-state index contributed by atoms with van der Waals surface area (Å²) in [7, 11) is 1.67. The Labute approximate surface area is 163 Å². The molecule has 1 aliphatic carbocycles. The van der Waals surface area contributed by atoms with E-state index in [-0.39, 0.29) is 5.75 Å². The molecule has 2 aromatic rings. The zero-order chi connectivity index (χ0) is 19.7. The van der Waals surface area contributed by atoms with Crippen LogP contribution in [-0.4, -0.2) is 31.5 Å². The van der Waals surface area contributed by atoms with Crippen molar-refractivity contribution in [1.29, 1.82) is 0 Å². The first-order valence-electron chi connectivity index (χ1n) is 9.45. The molecular weight excluding hydrogens is 367 g/mol.